The third kappa shape index (κ3) is 2.36. The van der Waals surface area contributed by atoms with E-state index in [2.05, 4.69) is 4.98 Å². The van der Waals surface area contributed by atoms with E-state index in [-0.39, 0.29) is 11.6 Å². The van der Waals surface area contributed by atoms with Gasteiger partial charge in [-0.05, 0) is 30.7 Å². The molecule has 0 radical (unpaired) electrons. The van der Waals surface area contributed by atoms with Gasteiger partial charge < -0.3 is 10.5 Å². The molecule has 0 unspecified atom stereocenters. The Kier molecular flexibility index (Phi) is 3.35. The molecule has 0 atom stereocenters. The molecular weight excluding hydrogens is 250 g/mol. The van der Waals surface area contributed by atoms with Gasteiger partial charge in [0.25, 0.3) is 0 Å². The maximum absolute atomic E-state index is 8.86. The second-order valence-electron chi connectivity index (χ2n) is 3.73. The van der Waals surface area contributed by atoms with E-state index in [9.17, 15) is 0 Å². The van der Waals surface area contributed by atoms with Crippen molar-refractivity contribution >= 4 is 17.3 Å². The summed E-state index contributed by atoms with van der Waals surface area (Å²) in [5.74, 6) is 0.636. The van der Waals surface area contributed by atoms with Crippen molar-refractivity contribution in [3.05, 3.63) is 46.6 Å². The third-order valence-corrected chi connectivity index (χ3v) is 2.66. The second-order valence-corrected chi connectivity index (χ2v) is 4.13. The summed E-state index contributed by atoms with van der Waals surface area (Å²) in [6.07, 6.45) is 1.46. The molecule has 1 aromatic heterocycles. The lowest BCUT2D eigenvalue weighted by Crippen LogP contribution is -1.98. The van der Waals surface area contributed by atoms with Crippen molar-refractivity contribution in [3.63, 3.8) is 0 Å². The van der Waals surface area contributed by atoms with E-state index >= 15 is 0 Å². The van der Waals surface area contributed by atoms with Crippen LogP contribution in [0.15, 0.2) is 30.5 Å². The first kappa shape index (κ1) is 12.2. The van der Waals surface area contributed by atoms with Gasteiger partial charge in [0.05, 0.1) is 10.6 Å². The average molecular weight is 260 g/mol. The Hall–Kier alpha value is -2.25. The molecule has 2 rings (SSSR count). The zero-order valence-corrected chi connectivity index (χ0v) is 10.4. The smallest absolute Gasteiger partial charge is 0.244 e. The Morgan fingerprint density at radius 1 is 1.39 bits per heavy atom. The normalized spacial score (nSPS) is 9.83. The number of nitrogen functional groups attached to an aromatic ring is 1. The first-order chi connectivity index (χ1) is 8.61. The minimum atomic E-state index is 0.180. The summed E-state index contributed by atoms with van der Waals surface area (Å²) in [5.41, 5.74) is 7.32. The van der Waals surface area contributed by atoms with E-state index in [1.54, 1.807) is 12.1 Å². The highest BCUT2D eigenvalue weighted by molar-refractivity contribution is 6.32. The molecule has 1 heterocycles. The molecule has 5 heteroatoms. The van der Waals surface area contributed by atoms with Gasteiger partial charge >= 0.3 is 0 Å². The Balaban J connectivity index is 2.38. The van der Waals surface area contributed by atoms with Crippen LogP contribution in [0, 0.1) is 18.3 Å². The fourth-order valence-corrected chi connectivity index (χ4v) is 1.70. The van der Waals surface area contributed by atoms with Gasteiger partial charge in [-0.15, -0.1) is 0 Å². The fraction of sp³-hybridized carbons (Fsp3) is 0.0769. The Bertz CT molecular complexity index is 635. The number of hydrogen-bond acceptors (Lipinski definition) is 4. The number of rotatable bonds is 2. The van der Waals surface area contributed by atoms with Gasteiger partial charge in [0.1, 0.15) is 17.5 Å². The van der Waals surface area contributed by atoms with Crippen LogP contribution in [0.1, 0.15) is 11.1 Å². The molecule has 0 saturated heterocycles. The van der Waals surface area contributed by atoms with Crippen LogP contribution in [0.25, 0.3) is 0 Å². The summed E-state index contributed by atoms with van der Waals surface area (Å²) in [5, 5.41) is 9.33. The lowest BCUT2D eigenvalue weighted by Gasteiger charge is -2.09. The lowest BCUT2D eigenvalue weighted by molar-refractivity contribution is 0.465. The molecule has 0 bridgehead atoms. The zero-order chi connectivity index (χ0) is 13.1. The van der Waals surface area contributed by atoms with Gasteiger partial charge in [-0.3, -0.25) is 0 Å². The molecule has 4 nitrogen and oxygen atoms in total. The summed E-state index contributed by atoms with van der Waals surface area (Å²) >= 11 is 6.05. The number of nitrogens with two attached hydrogens (primary N) is 1. The lowest BCUT2D eigenvalue weighted by atomic mass is 10.2. The Morgan fingerprint density at radius 3 is 2.83 bits per heavy atom. The number of nitrogens with zero attached hydrogens (tertiary/aromatic N) is 2. The van der Waals surface area contributed by atoms with Crippen molar-refractivity contribution in [1.29, 1.82) is 5.26 Å². The minimum Gasteiger partial charge on any atom is -0.435 e. The largest absolute Gasteiger partial charge is 0.435 e. The van der Waals surface area contributed by atoms with Gasteiger partial charge in [0.15, 0.2) is 0 Å². The monoisotopic (exact) mass is 259 g/mol. The van der Waals surface area contributed by atoms with Crippen LogP contribution in [-0.2, 0) is 0 Å². The number of aryl methyl sites for hydroxylation is 1. The summed E-state index contributed by atoms with van der Waals surface area (Å²) in [6.45, 7) is 1.93. The summed E-state index contributed by atoms with van der Waals surface area (Å²) in [6, 6.07) is 8.87. The van der Waals surface area contributed by atoms with Crippen molar-refractivity contribution in [2.45, 2.75) is 6.92 Å². The van der Waals surface area contributed by atoms with Crippen LogP contribution in [0.3, 0.4) is 0 Å². The van der Waals surface area contributed by atoms with Gasteiger partial charge in [0.2, 0.25) is 5.88 Å². The number of benzene rings is 1. The number of halogens is 1. The number of anilines is 1. The van der Waals surface area contributed by atoms with Crippen molar-refractivity contribution in [2.75, 3.05) is 5.73 Å². The number of pyridine rings is 1. The molecule has 0 amide bonds. The zero-order valence-electron chi connectivity index (χ0n) is 9.64. The molecule has 0 aliphatic carbocycles. The van der Waals surface area contributed by atoms with Crippen molar-refractivity contribution in [3.8, 4) is 17.7 Å². The molecular formula is C13H10ClN3O. The first-order valence-corrected chi connectivity index (χ1v) is 5.58. The Labute approximate surface area is 110 Å². The van der Waals surface area contributed by atoms with Crippen LogP contribution < -0.4 is 10.5 Å². The van der Waals surface area contributed by atoms with Crippen LogP contribution in [0.5, 0.6) is 11.6 Å². The number of hydrogen-bond donors (Lipinski definition) is 1. The van der Waals surface area contributed by atoms with E-state index in [4.69, 9.17) is 27.3 Å². The fourth-order valence-electron chi connectivity index (χ4n) is 1.43. The third-order valence-electron chi connectivity index (χ3n) is 2.37. The topological polar surface area (TPSA) is 71.9 Å². The maximum Gasteiger partial charge on any atom is 0.244 e. The van der Waals surface area contributed by atoms with Gasteiger partial charge in [-0.2, -0.15) is 5.26 Å². The molecule has 0 aliphatic heterocycles. The van der Waals surface area contributed by atoms with E-state index in [0.717, 1.165) is 5.56 Å². The summed E-state index contributed by atoms with van der Waals surface area (Å²) in [7, 11) is 0. The maximum atomic E-state index is 8.86. The highest BCUT2D eigenvalue weighted by Gasteiger charge is 2.10. The predicted octanol–water partition coefficient (Wildman–Crippen LogP) is 3.29. The van der Waals surface area contributed by atoms with Crippen molar-refractivity contribution in [2.24, 2.45) is 0 Å². The van der Waals surface area contributed by atoms with Gasteiger partial charge in [-0.1, -0.05) is 17.7 Å². The van der Waals surface area contributed by atoms with E-state index in [1.165, 1.54) is 12.3 Å². The molecule has 2 aromatic rings. The predicted molar refractivity (Wildman–Crippen MR) is 69.6 cm³/mol. The highest BCUT2D eigenvalue weighted by Crippen LogP contribution is 2.32. The molecule has 2 N–H and O–H groups in total. The quantitative estimate of drug-likeness (QED) is 0.898. The van der Waals surface area contributed by atoms with Crippen LogP contribution in [0.4, 0.5) is 5.69 Å². The van der Waals surface area contributed by atoms with Crippen molar-refractivity contribution in [1.82, 2.24) is 4.98 Å². The summed E-state index contributed by atoms with van der Waals surface area (Å²) in [4.78, 5) is 3.99. The molecule has 18 heavy (non-hydrogen) atoms. The van der Waals surface area contributed by atoms with E-state index in [1.807, 2.05) is 19.1 Å². The summed E-state index contributed by atoms with van der Waals surface area (Å²) < 4.78 is 5.52. The Morgan fingerprint density at radius 2 is 2.17 bits per heavy atom. The number of ether oxygens (including phenoxy) is 1. The first-order valence-electron chi connectivity index (χ1n) is 5.20. The van der Waals surface area contributed by atoms with Crippen LogP contribution in [0.2, 0.25) is 5.02 Å². The number of nitriles is 1. The standard InChI is InChI=1S/C13H10ClN3O/c1-8-2-3-11(10(14)6-8)18-13-12(16)9(7-15)4-5-17-13/h2-6H,16H2,1H3. The van der Waals surface area contributed by atoms with Crippen molar-refractivity contribution < 1.29 is 4.74 Å². The van der Waals surface area contributed by atoms with Crippen LogP contribution >= 0.6 is 11.6 Å². The molecule has 90 valence electrons. The second kappa shape index (κ2) is 4.94. The number of aromatic nitrogens is 1. The molecule has 0 saturated carbocycles. The van der Waals surface area contributed by atoms with Gasteiger partial charge in [-0.25, -0.2) is 4.98 Å². The molecule has 0 fully saturated rings. The van der Waals surface area contributed by atoms with E-state index in [0.29, 0.717) is 16.3 Å². The average Bonchev–Trinajstić information content (AvgIpc) is 2.35. The van der Waals surface area contributed by atoms with Crippen LogP contribution in [-0.4, -0.2) is 4.98 Å². The molecule has 0 spiro atoms. The molecule has 1 aromatic carbocycles. The van der Waals surface area contributed by atoms with Gasteiger partial charge in [0, 0.05) is 6.20 Å². The minimum absolute atomic E-state index is 0.180. The highest BCUT2D eigenvalue weighted by atomic mass is 35.5. The molecule has 0 aliphatic rings. The SMILES string of the molecule is Cc1ccc(Oc2nccc(C#N)c2N)c(Cl)c1. The van der Waals surface area contributed by atoms with E-state index < -0.39 is 0 Å².